The second-order valence-corrected chi connectivity index (χ2v) is 11.6. The molecule has 10 heteroatoms. The molecule has 9 nitrogen and oxygen atoms in total. The second kappa shape index (κ2) is 13.3. The van der Waals surface area contributed by atoms with Gasteiger partial charge in [0, 0.05) is 61.9 Å². The highest BCUT2D eigenvalue weighted by molar-refractivity contribution is 5.65. The van der Waals surface area contributed by atoms with Gasteiger partial charge >= 0.3 is 0 Å². The van der Waals surface area contributed by atoms with Crippen LogP contribution in [-0.2, 0) is 4.74 Å². The summed E-state index contributed by atoms with van der Waals surface area (Å²) in [6.45, 7) is 17.1. The first kappa shape index (κ1) is 29.4. The number of aromatic nitrogens is 4. The Balaban J connectivity index is 1.22. The lowest BCUT2D eigenvalue weighted by Gasteiger charge is -2.46. The zero-order chi connectivity index (χ0) is 28.9. The molecule has 1 aromatic carbocycles. The van der Waals surface area contributed by atoms with E-state index in [4.69, 9.17) is 9.72 Å². The van der Waals surface area contributed by atoms with Crippen molar-refractivity contribution in [1.29, 1.82) is 0 Å². The Hall–Kier alpha value is -3.08. The molecule has 1 unspecified atom stereocenters. The number of hydrogen-bond donors (Lipinski definition) is 1. The van der Waals surface area contributed by atoms with Crippen LogP contribution >= 0.6 is 0 Å². The monoisotopic (exact) mass is 564 g/mol. The van der Waals surface area contributed by atoms with Crippen LogP contribution in [-0.4, -0.2) is 87.7 Å². The first-order valence-electron chi connectivity index (χ1n) is 15.1. The molecule has 0 amide bonds. The Bertz CT molecular complexity index is 1280. The molecule has 0 saturated carbocycles. The highest BCUT2D eigenvalue weighted by atomic mass is 19.1. The van der Waals surface area contributed by atoms with Gasteiger partial charge in [0.1, 0.15) is 5.82 Å². The molecule has 2 aromatic heterocycles. The summed E-state index contributed by atoms with van der Waals surface area (Å²) in [6, 6.07) is 6.11. The maximum atomic E-state index is 15.4. The summed E-state index contributed by atoms with van der Waals surface area (Å²) < 4.78 is 22.9. The Kier molecular flexibility index (Phi) is 9.52. The lowest BCUT2D eigenvalue weighted by Crippen LogP contribution is -2.56. The predicted octanol–water partition coefficient (Wildman–Crippen LogP) is 5.47. The lowest BCUT2D eigenvalue weighted by atomic mass is 10.0. The summed E-state index contributed by atoms with van der Waals surface area (Å²) in [5.74, 6) is 0.201. The van der Waals surface area contributed by atoms with Gasteiger partial charge in [-0.05, 0) is 77.3 Å². The van der Waals surface area contributed by atoms with Gasteiger partial charge in [-0.25, -0.2) is 14.4 Å². The van der Waals surface area contributed by atoms with E-state index in [1.54, 1.807) is 12.3 Å². The van der Waals surface area contributed by atoms with Gasteiger partial charge in [0.05, 0.1) is 37.0 Å². The van der Waals surface area contributed by atoms with Crippen LogP contribution in [0.25, 0.3) is 11.3 Å². The second-order valence-electron chi connectivity index (χ2n) is 11.6. The quantitative estimate of drug-likeness (QED) is 0.348. The van der Waals surface area contributed by atoms with Gasteiger partial charge in [0.2, 0.25) is 5.95 Å². The number of hydrogen-bond acceptors (Lipinski definition) is 8. The van der Waals surface area contributed by atoms with E-state index in [0.717, 1.165) is 82.0 Å². The van der Waals surface area contributed by atoms with Crippen molar-refractivity contribution in [2.24, 2.45) is 0 Å². The molecule has 1 atom stereocenters. The van der Waals surface area contributed by atoms with Crippen LogP contribution in [0.3, 0.4) is 0 Å². The van der Waals surface area contributed by atoms with Crippen LogP contribution < -0.4 is 10.2 Å². The average molecular weight is 565 g/mol. The molecular weight excluding hydrogens is 519 g/mol. The summed E-state index contributed by atoms with van der Waals surface area (Å²) >= 11 is 0. The van der Waals surface area contributed by atoms with E-state index in [-0.39, 0.29) is 11.9 Å². The summed E-state index contributed by atoms with van der Waals surface area (Å²) in [6.07, 6.45) is 9.18. The molecule has 0 aliphatic carbocycles. The van der Waals surface area contributed by atoms with Crippen LogP contribution in [0.2, 0.25) is 0 Å². The zero-order valence-corrected chi connectivity index (χ0v) is 25.2. The minimum absolute atomic E-state index is 0.230. The molecule has 2 aliphatic heterocycles. The van der Waals surface area contributed by atoms with E-state index < -0.39 is 0 Å². The number of morpholine rings is 1. The molecule has 4 heterocycles. The number of benzene rings is 1. The molecule has 2 saturated heterocycles. The number of nitrogens with zero attached hydrogens (tertiary/aromatic N) is 7. The van der Waals surface area contributed by atoms with Gasteiger partial charge in [0.25, 0.3) is 0 Å². The van der Waals surface area contributed by atoms with Crippen LogP contribution in [0.4, 0.5) is 21.7 Å². The van der Waals surface area contributed by atoms with E-state index in [0.29, 0.717) is 29.5 Å². The fourth-order valence-electron chi connectivity index (χ4n) is 6.04. The van der Waals surface area contributed by atoms with Crippen molar-refractivity contribution < 1.29 is 9.13 Å². The van der Waals surface area contributed by atoms with Crippen molar-refractivity contribution in [1.82, 2.24) is 29.5 Å². The van der Waals surface area contributed by atoms with Gasteiger partial charge in [-0.15, -0.1) is 0 Å². The third-order valence-corrected chi connectivity index (χ3v) is 8.39. The molecule has 2 aliphatic rings. The SMILES string of the molecule is CCCN(C1CCN(c2ccc(Nc3ncc(C)c(-c4cnn(C(C)C)c4)n3)cc2F)CC1)C(C)N1CCOCC1. The fraction of sp³-hybridized carbons (Fsp3) is 0.581. The number of rotatable bonds is 10. The molecule has 0 spiro atoms. The summed E-state index contributed by atoms with van der Waals surface area (Å²) in [5, 5.41) is 7.63. The first-order chi connectivity index (χ1) is 19.8. The van der Waals surface area contributed by atoms with Crippen molar-refractivity contribution in [3.8, 4) is 11.3 Å². The minimum atomic E-state index is -0.230. The number of aryl methyl sites for hydroxylation is 1. The van der Waals surface area contributed by atoms with E-state index in [1.807, 2.05) is 36.1 Å². The summed E-state index contributed by atoms with van der Waals surface area (Å²) in [5.41, 5.74) is 3.99. The standard InChI is InChI=1S/C31H45FN8O/c1-6-11-39(24(5)37-14-16-41-17-15-37)27-9-12-38(13-10-27)29-8-7-26(18-28(29)32)35-31-33-19-23(4)30(36-31)25-20-34-40(21-25)22(2)3/h7-8,18-22,24,27H,6,9-17H2,1-5H3,(H,33,35,36). The largest absolute Gasteiger partial charge is 0.379 e. The smallest absolute Gasteiger partial charge is 0.227 e. The van der Waals surface area contributed by atoms with E-state index >= 15 is 4.39 Å². The van der Waals surface area contributed by atoms with Crippen molar-refractivity contribution in [3.05, 3.63) is 48.2 Å². The average Bonchev–Trinajstić information content (AvgIpc) is 3.48. The van der Waals surface area contributed by atoms with Crippen LogP contribution in [0.15, 0.2) is 36.8 Å². The van der Waals surface area contributed by atoms with Gasteiger partial charge in [-0.2, -0.15) is 5.10 Å². The third-order valence-electron chi connectivity index (χ3n) is 8.39. The highest BCUT2D eigenvalue weighted by Crippen LogP contribution is 2.30. The van der Waals surface area contributed by atoms with Crippen LogP contribution in [0, 0.1) is 12.7 Å². The number of piperidine rings is 1. The molecule has 5 rings (SSSR count). The molecule has 1 N–H and O–H groups in total. The molecule has 41 heavy (non-hydrogen) atoms. The van der Waals surface area contributed by atoms with E-state index in [2.05, 4.69) is 57.8 Å². The van der Waals surface area contributed by atoms with E-state index in [9.17, 15) is 0 Å². The number of nitrogens with one attached hydrogen (secondary N) is 1. The Morgan fingerprint density at radius 1 is 1.10 bits per heavy atom. The molecule has 2 fully saturated rings. The minimum Gasteiger partial charge on any atom is -0.379 e. The first-order valence-corrected chi connectivity index (χ1v) is 15.1. The predicted molar refractivity (Wildman–Crippen MR) is 162 cm³/mol. The van der Waals surface area contributed by atoms with Crippen molar-refractivity contribution >= 4 is 17.3 Å². The normalized spacial score (nSPS) is 17.9. The molecule has 3 aromatic rings. The van der Waals surface area contributed by atoms with Crippen LogP contribution in [0.5, 0.6) is 0 Å². The number of halogens is 1. The molecular formula is C31H45FN8O. The molecule has 0 bridgehead atoms. The van der Waals surface area contributed by atoms with Crippen molar-refractivity contribution in [2.75, 3.05) is 56.2 Å². The van der Waals surface area contributed by atoms with Crippen molar-refractivity contribution in [3.63, 3.8) is 0 Å². The maximum absolute atomic E-state index is 15.4. The van der Waals surface area contributed by atoms with Gasteiger partial charge < -0.3 is 15.0 Å². The van der Waals surface area contributed by atoms with Gasteiger partial charge in [-0.3, -0.25) is 14.5 Å². The molecule has 0 radical (unpaired) electrons. The summed E-state index contributed by atoms with van der Waals surface area (Å²) in [7, 11) is 0. The Morgan fingerprint density at radius 3 is 2.51 bits per heavy atom. The third kappa shape index (κ3) is 6.88. The van der Waals surface area contributed by atoms with Crippen LogP contribution in [0.1, 0.15) is 58.6 Å². The Labute approximate surface area is 243 Å². The highest BCUT2D eigenvalue weighted by Gasteiger charge is 2.31. The van der Waals surface area contributed by atoms with Crippen molar-refractivity contribution in [2.45, 2.75) is 72.1 Å². The maximum Gasteiger partial charge on any atom is 0.227 e. The fourth-order valence-corrected chi connectivity index (χ4v) is 6.04. The Morgan fingerprint density at radius 2 is 1.85 bits per heavy atom. The number of ether oxygens (including phenoxy) is 1. The molecule has 222 valence electrons. The topological polar surface area (TPSA) is 74.6 Å². The number of anilines is 3. The lowest BCUT2D eigenvalue weighted by molar-refractivity contribution is -0.0432. The van der Waals surface area contributed by atoms with E-state index in [1.165, 1.54) is 0 Å². The zero-order valence-electron chi connectivity index (χ0n) is 25.2. The van der Waals surface area contributed by atoms with Gasteiger partial charge in [-0.1, -0.05) is 6.92 Å². The summed E-state index contributed by atoms with van der Waals surface area (Å²) in [4.78, 5) is 16.5. The van der Waals surface area contributed by atoms with Gasteiger partial charge in [0.15, 0.2) is 0 Å².